The van der Waals surface area contributed by atoms with Crippen LogP contribution in [0.3, 0.4) is 0 Å². The third-order valence-electron chi connectivity index (χ3n) is 3.73. The fraction of sp³-hybridized carbons (Fsp3) is 0.643. The highest BCUT2D eigenvalue weighted by atomic mass is 32.1. The average Bonchev–Trinajstić information content (AvgIpc) is 2.87. The van der Waals surface area contributed by atoms with Crippen molar-refractivity contribution in [2.75, 3.05) is 19.8 Å². The first-order valence-electron chi connectivity index (χ1n) is 6.76. The zero-order chi connectivity index (χ0) is 13.7. The lowest BCUT2D eigenvalue weighted by Gasteiger charge is -2.33. The lowest BCUT2D eigenvalue weighted by Crippen LogP contribution is -2.44. The Bertz CT molecular complexity index is 424. The van der Waals surface area contributed by atoms with Gasteiger partial charge in [-0.15, -0.1) is 11.3 Å². The molecule has 1 aliphatic heterocycles. The minimum atomic E-state index is -0.705. The van der Waals surface area contributed by atoms with Crippen molar-refractivity contribution in [1.29, 1.82) is 0 Å². The summed E-state index contributed by atoms with van der Waals surface area (Å²) in [5.74, 6) is -0.705. The smallest absolute Gasteiger partial charge is 0.311 e. The van der Waals surface area contributed by atoms with Crippen LogP contribution < -0.4 is 5.32 Å². The maximum atomic E-state index is 11.5. The third-order valence-corrected chi connectivity index (χ3v) is 4.96. The van der Waals surface area contributed by atoms with Gasteiger partial charge in [0.05, 0.1) is 5.41 Å². The second-order valence-electron chi connectivity index (χ2n) is 5.02. The molecule has 1 aromatic rings. The van der Waals surface area contributed by atoms with Gasteiger partial charge in [0.25, 0.3) is 0 Å². The van der Waals surface area contributed by atoms with Gasteiger partial charge < -0.3 is 15.2 Å². The minimum Gasteiger partial charge on any atom is -0.481 e. The Kier molecular flexibility index (Phi) is 4.96. The lowest BCUT2D eigenvalue weighted by atomic mass is 9.80. The molecule has 0 bridgehead atoms. The van der Waals surface area contributed by atoms with E-state index in [-0.39, 0.29) is 0 Å². The number of thiophene rings is 1. The zero-order valence-corrected chi connectivity index (χ0v) is 12.1. The van der Waals surface area contributed by atoms with Gasteiger partial charge in [-0.1, -0.05) is 6.92 Å². The van der Waals surface area contributed by atoms with Crippen molar-refractivity contribution < 1.29 is 14.6 Å². The molecule has 2 N–H and O–H groups in total. The Morgan fingerprint density at radius 2 is 2.11 bits per heavy atom. The Labute approximate surface area is 117 Å². The zero-order valence-electron chi connectivity index (χ0n) is 11.3. The summed E-state index contributed by atoms with van der Waals surface area (Å²) in [5, 5.41) is 12.7. The van der Waals surface area contributed by atoms with E-state index in [2.05, 4.69) is 24.4 Å². The summed E-state index contributed by atoms with van der Waals surface area (Å²) >= 11 is 1.79. The van der Waals surface area contributed by atoms with Gasteiger partial charge in [-0.3, -0.25) is 4.79 Å². The molecule has 2 heterocycles. The van der Waals surface area contributed by atoms with Crippen molar-refractivity contribution in [1.82, 2.24) is 5.32 Å². The highest BCUT2D eigenvalue weighted by molar-refractivity contribution is 7.11. The first kappa shape index (κ1) is 14.5. The van der Waals surface area contributed by atoms with Crippen molar-refractivity contribution in [3.8, 4) is 0 Å². The van der Waals surface area contributed by atoms with Gasteiger partial charge in [0.2, 0.25) is 0 Å². The summed E-state index contributed by atoms with van der Waals surface area (Å²) in [4.78, 5) is 14.1. The summed E-state index contributed by atoms with van der Waals surface area (Å²) in [5.41, 5.74) is -0.650. The molecule has 1 fully saturated rings. The van der Waals surface area contributed by atoms with Gasteiger partial charge in [-0.25, -0.2) is 0 Å². The fourth-order valence-electron chi connectivity index (χ4n) is 2.36. The number of hydrogen-bond donors (Lipinski definition) is 2. The van der Waals surface area contributed by atoms with E-state index in [1.807, 2.05) is 0 Å². The normalized spacial score (nSPS) is 18.4. The van der Waals surface area contributed by atoms with Gasteiger partial charge in [0.1, 0.15) is 0 Å². The average molecular weight is 283 g/mol. The predicted octanol–water partition coefficient (Wildman–Crippen LogP) is 2.28. The van der Waals surface area contributed by atoms with Crippen LogP contribution in [0, 0.1) is 5.41 Å². The molecule has 1 aromatic heterocycles. The minimum absolute atomic E-state index is 0.519. The molecule has 106 valence electrons. The number of hydrogen-bond acceptors (Lipinski definition) is 4. The standard InChI is InChI=1S/C14H21NO3S/c1-2-11-3-4-12(19-11)9-15-10-14(13(16)17)5-7-18-8-6-14/h3-4,15H,2,5-10H2,1H3,(H,16,17). The molecule has 0 aliphatic carbocycles. The van der Waals surface area contributed by atoms with Gasteiger partial charge in [-0.2, -0.15) is 0 Å². The van der Waals surface area contributed by atoms with Crippen LogP contribution in [0.5, 0.6) is 0 Å². The van der Waals surface area contributed by atoms with E-state index in [1.54, 1.807) is 11.3 Å². The molecule has 4 nitrogen and oxygen atoms in total. The Hall–Kier alpha value is -0.910. The molecule has 0 saturated carbocycles. The van der Waals surface area contributed by atoms with Crippen molar-refractivity contribution in [3.05, 3.63) is 21.9 Å². The second-order valence-corrected chi connectivity index (χ2v) is 6.28. The van der Waals surface area contributed by atoms with Crippen molar-refractivity contribution in [2.45, 2.75) is 32.7 Å². The number of aryl methyl sites for hydroxylation is 1. The Morgan fingerprint density at radius 1 is 1.42 bits per heavy atom. The Morgan fingerprint density at radius 3 is 2.68 bits per heavy atom. The maximum Gasteiger partial charge on any atom is 0.311 e. The number of ether oxygens (including phenoxy) is 1. The molecule has 0 unspecified atom stereocenters. The first-order valence-corrected chi connectivity index (χ1v) is 7.57. The summed E-state index contributed by atoms with van der Waals surface area (Å²) in [6.07, 6.45) is 2.25. The molecule has 0 aromatic carbocycles. The van der Waals surface area contributed by atoms with Gasteiger partial charge in [-0.05, 0) is 31.4 Å². The second kappa shape index (κ2) is 6.50. The molecule has 0 spiro atoms. The van der Waals surface area contributed by atoms with Crippen LogP contribution in [0.1, 0.15) is 29.5 Å². The van der Waals surface area contributed by atoms with Gasteiger partial charge in [0.15, 0.2) is 0 Å². The summed E-state index contributed by atoms with van der Waals surface area (Å²) in [6.45, 7) is 4.51. The van der Waals surface area contributed by atoms with Crippen LogP contribution in [0.15, 0.2) is 12.1 Å². The van der Waals surface area contributed by atoms with E-state index >= 15 is 0 Å². The third kappa shape index (κ3) is 3.55. The maximum absolute atomic E-state index is 11.5. The highest BCUT2D eigenvalue weighted by Gasteiger charge is 2.39. The monoisotopic (exact) mass is 283 g/mol. The molecule has 0 radical (unpaired) electrons. The molecular weight excluding hydrogens is 262 g/mol. The number of aliphatic carboxylic acids is 1. The molecular formula is C14H21NO3S. The van der Waals surface area contributed by atoms with Crippen LogP contribution >= 0.6 is 11.3 Å². The lowest BCUT2D eigenvalue weighted by molar-refractivity contribution is -0.154. The predicted molar refractivity (Wildman–Crippen MR) is 75.5 cm³/mol. The first-order chi connectivity index (χ1) is 9.16. The van der Waals surface area contributed by atoms with E-state index in [4.69, 9.17) is 4.74 Å². The number of carbonyl (C=O) groups is 1. The molecule has 0 atom stereocenters. The molecule has 1 saturated heterocycles. The van der Waals surface area contributed by atoms with Crippen molar-refractivity contribution in [3.63, 3.8) is 0 Å². The number of carboxylic acid groups (broad SMARTS) is 1. The van der Waals surface area contributed by atoms with Crippen LogP contribution in [0.4, 0.5) is 0 Å². The summed E-state index contributed by atoms with van der Waals surface area (Å²) in [6, 6.07) is 4.26. The number of carboxylic acids is 1. The van der Waals surface area contributed by atoms with E-state index in [0.717, 1.165) is 13.0 Å². The number of nitrogens with one attached hydrogen (secondary N) is 1. The van der Waals surface area contributed by atoms with Crippen LogP contribution in [0.2, 0.25) is 0 Å². The molecule has 0 amide bonds. The largest absolute Gasteiger partial charge is 0.481 e. The highest BCUT2D eigenvalue weighted by Crippen LogP contribution is 2.30. The molecule has 19 heavy (non-hydrogen) atoms. The molecule has 2 rings (SSSR count). The molecule has 5 heteroatoms. The molecule has 1 aliphatic rings. The SMILES string of the molecule is CCc1ccc(CNCC2(C(=O)O)CCOCC2)s1. The van der Waals surface area contributed by atoms with E-state index in [9.17, 15) is 9.90 Å². The summed E-state index contributed by atoms with van der Waals surface area (Å²) in [7, 11) is 0. The topological polar surface area (TPSA) is 58.6 Å². The van der Waals surface area contributed by atoms with E-state index < -0.39 is 11.4 Å². The van der Waals surface area contributed by atoms with Crippen LogP contribution in [-0.2, 0) is 22.5 Å². The summed E-state index contributed by atoms with van der Waals surface area (Å²) < 4.78 is 5.27. The Balaban J connectivity index is 1.87. The quantitative estimate of drug-likeness (QED) is 0.841. The van der Waals surface area contributed by atoms with Gasteiger partial charge >= 0.3 is 5.97 Å². The van der Waals surface area contributed by atoms with E-state index in [0.29, 0.717) is 32.6 Å². The van der Waals surface area contributed by atoms with Crippen molar-refractivity contribution >= 4 is 17.3 Å². The van der Waals surface area contributed by atoms with Crippen LogP contribution in [0.25, 0.3) is 0 Å². The fourth-order valence-corrected chi connectivity index (χ4v) is 3.29. The number of rotatable bonds is 6. The van der Waals surface area contributed by atoms with Gasteiger partial charge in [0, 0.05) is 36.1 Å². The van der Waals surface area contributed by atoms with Crippen molar-refractivity contribution in [2.24, 2.45) is 5.41 Å². The van der Waals surface area contributed by atoms with Crippen LogP contribution in [-0.4, -0.2) is 30.8 Å². The van der Waals surface area contributed by atoms with E-state index in [1.165, 1.54) is 9.75 Å².